The molecule has 234 valence electrons. The summed E-state index contributed by atoms with van der Waals surface area (Å²) in [5.74, 6) is 1.66. The maximum atomic E-state index is 11.6. The average molecular weight is 592 g/mol. The smallest absolute Gasteiger partial charge is 0.410 e. The van der Waals surface area contributed by atoms with Gasteiger partial charge in [0, 0.05) is 63.8 Å². The number of ketones is 2. The molecule has 0 aliphatic carbocycles. The van der Waals surface area contributed by atoms with E-state index >= 15 is 0 Å². The quantitative estimate of drug-likeness (QED) is 0.394. The van der Waals surface area contributed by atoms with E-state index in [1.54, 1.807) is 16.8 Å². The molecule has 3 fully saturated rings. The first-order valence-corrected chi connectivity index (χ1v) is 14.5. The van der Waals surface area contributed by atoms with E-state index in [0.29, 0.717) is 63.1 Å². The van der Waals surface area contributed by atoms with Gasteiger partial charge in [0.15, 0.2) is 0 Å². The van der Waals surface area contributed by atoms with Crippen LogP contribution in [0.4, 0.5) is 9.59 Å². The van der Waals surface area contributed by atoms with Crippen molar-refractivity contribution < 1.29 is 28.7 Å². The minimum Gasteiger partial charge on any atom is -0.444 e. The highest BCUT2D eigenvalue weighted by atomic mass is 35.5. The van der Waals surface area contributed by atoms with Gasteiger partial charge >= 0.3 is 12.2 Å². The molecule has 12 heteroatoms. The summed E-state index contributed by atoms with van der Waals surface area (Å²) in [6.07, 6.45) is 2.15. The summed E-state index contributed by atoms with van der Waals surface area (Å²) in [6, 6.07) is 0.137. The predicted octanol–water partition coefficient (Wildman–Crippen LogP) is 3.72. The number of carbonyl (C=O) groups is 4. The molecule has 3 aliphatic heterocycles. The highest BCUT2D eigenvalue weighted by Crippen LogP contribution is 2.22. The second-order valence-electron chi connectivity index (χ2n) is 12.3. The van der Waals surface area contributed by atoms with Gasteiger partial charge in [0.25, 0.3) is 0 Å². The second-order valence-corrected chi connectivity index (χ2v) is 12.7. The number of halogens is 1. The molecule has 0 bridgehead atoms. The van der Waals surface area contributed by atoms with Crippen molar-refractivity contribution in [2.75, 3.05) is 46.3 Å². The van der Waals surface area contributed by atoms with Gasteiger partial charge in [-0.3, -0.25) is 9.59 Å². The van der Waals surface area contributed by atoms with Crippen LogP contribution in [0.1, 0.15) is 81.1 Å². The van der Waals surface area contributed by atoms with E-state index in [1.807, 2.05) is 55.4 Å². The Morgan fingerprint density at radius 1 is 0.800 bits per heavy atom. The molecule has 40 heavy (non-hydrogen) atoms. The average Bonchev–Trinajstić information content (AvgIpc) is 2.74. The topological polar surface area (TPSA) is 143 Å². The molecule has 3 saturated heterocycles. The van der Waals surface area contributed by atoms with Gasteiger partial charge in [-0.05, 0) is 79.4 Å². The van der Waals surface area contributed by atoms with Crippen LogP contribution in [0.25, 0.3) is 0 Å². The Labute approximate surface area is 246 Å². The minimum atomic E-state index is -0.443. The Kier molecular flexibility index (Phi) is 17.6. The third kappa shape index (κ3) is 17.7. The van der Waals surface area contributed by atoms with Gasteiger partial charge in [0.05, 0.1) is 0 Å². The molecular formula is C28H54ClN5O6. The molecule has 0 aromatic rings. The van der Waals surface area contributed by atoms with Gasteiger partial charge in [-0.15, -0.1) is 0 Å². The molecule has 0 unspecified atom stereocenters. The number of ether oxygens (including phenoxy) is 2. The molecule has 2 amide bonds. The fraction of sp³-hybridized carbons (Fsp3) is 0.857. The summed E-state index contributed by atoms with van der Waals surface area (Å²) >= 11 is 4.75. The summed E-state index contributed by atoms with van der Waals surface area (Å²) in [4.78, 5) is 50.2. The van der Waals surface area contributed by atoms with Crippen LogP contribution in [-0.4, -0.2) is 97.1 Å². The van der Waals surface area contributed by atoms with E-state index in [2.05, 4.69) is 10.2 Å². The summed E-state index contributed by atoms with van der Waals surface area (Å²) in [5.41, 5.74) is 4.67. The van der Waals surface area contributed by atoms with E-state index in [4.69, 9.17) is 27.0 Å². The predicted molar refractivity (Wildman–Crippen MR) is 158 cm³/mol. The maximum absolute atomic E-state index is 11.6. The minimum absolute atomic E-state index is 0.137. The Bertz CT molecular complexity index is 783. The van der Waals surface area contributed by atoms with Crippen LogP contribution in [-0.2, 0) is 19.1 Å². The standard InChI is InChI=1S/C12H21NO3.C8H16N2O2.C7H13NO.CH4ClN/c1-5-10(14)6-9-7-13(8-9)11(15)16-12(2,3)4;1-8(2,3)12-7(11)10-4-6(9)5-10;1-2-7(9)3-6-4-8-5-6;1-3-2/h9H,5-8H2,1-4H3;6H,4-5,9H2,1-3H3;6,8H,2-5H2,1H3;3H,1H3. The molecule has 4 N–H and O–H groups in total. The van der Waals surface area contributed by atoms with Crippen LogP contribution in [0.5, 0.6) is 0 Å². The van der Waals surface area contributed by atoms with Crippen molar-refractivity contribution in [2.24, 2.45) is 17.6 Å². The first kappa shape index (κ1) is 38.0. The SMILES string of the molecule is CC(C)(C)OC(=O)N1CC(N)C1.CCC(=O)CC1CN(C(=O)OC(C)(C)C)C1.CCC(=O)CC1CNC1.CNCl. The number of hydrogen-bond acceptors (Lipinski definition) is 9. The Hall–Kier alpha value is -1.95. The van der Waals surface area contributed by atoms with Crippen LogP contribution in [0, 0.1) is 11.8 Å². The molecule has 0 aromatic heterocycles. The Balaban J connectivity index is 0.000000561. The van der Waals surface area contributed by atoms with E-state index in [0.717, 1.165) is 19.5 Å². The monoisotopic (exact) mass is 591 g/mol. The zero-order valence-electron chi connectivity index (χ0n) is 26.1. The maximum Gasteiger partial charge on any atom is 0.410 e. The first-order chi connectivity index (χ1) is 18.4. The number of nitrogens with two attached hydrogens (primary N) is 1. The largest absolute Gasteiger partial charge is 0.444 e. The van der Waals surface area contributed by atoms with Crippen molar-refractivity contribution >= 4 is 35.5 Å². The highest BCUT2D eigenvalue weighted by Gasteiger charge is 2.34. The van der Waals surface area contributed by atoms with Gasteiger partial charge in [-0.2, -0.15) is 0 Å². The van der Waals surface area contributed by atoms with E-state index in [1.165, 1.54) is 0 Å². The second kappa shape index (κ2) is 18.5. The lowest BCUT2D eigenvalue weighted by Gasteiger charge is -2.39. The highest BCUT2D eigenvalue weighted by molar-refractivity contribution is 6.13. The lowest BCUT2D eigenvalue weighted by atomic mass is 9.94. The number of rotatable bonds is 6. The fourth-order valence-electron chi connectivity index (χ4n) is 3.59. The summed E-state index contributed by atoms with van der Waals surface area (Å²) in [6.45, 7) is 19.5. The number of hydrogen-bond donors (Lipinski definition) is 3. The number of carbonyl (C=O) groups excluding carboxylic acids is 4. The van der Waals surface area contributed by atoms with Crippen LogP contribution >= 0.6 is 11.8 Å². The van der Waals surface area contributed by atoms with Gasteiger partial charge in [-0.25, -0.2) is 14.4 Å². The fourth-order valence-corrected chi connectivity index (χ4v) is 3.59. The van der Waals surface area contributed by atoms with Crippen molar-refractivity contribution in [3.63, 3.8) is 0 Å². The van der Waals surface area contributed by atoms with Gasteiger partial charge in [-0.1, -0.05) is 13.8 Å². The molecule has 11 nitrogen and oxygen atoms in total. The van der Waals surface area contributed by atoms with E-state index < -0.39 is 11.2 Å². The van der Waals surface area contributed by atoms with Gasteiger partial charge in [0.1, 0.15) is 22.8 Å². The molecule has 0 saturated carbocycles. The molecule has 0 spiro atoms. The zero-order valence-corrected chi connectivity index (χ0v) is 26.9. The molecule has 3 aliphatic rings. The van der Waals surface area contributed by atoms with Gasteiger partial charge in [0.2, 0.25) is 0 Å². The third-order valence-corrected chi connectivity index (χ3v) is 5.86. The van der Waals surface area contributed by atoms with Crippen LogP contribution in [0.3, 0.4) is 0 Å². The van der Waals surface area contributed by atoms with E-state index in [-0.39, 0.29) is 24.0 Å². The van der Waals surface area contributed by atoms with Crippen molar-refractivity contribution in [1.29, 1.82) is 0 Å². The summed E-state index contributed by atoms with van der Waals surface area (Å²) < 4.78 is 10.3. The normalized spacial score (nSPS) is 17.2. The van der Waals surface area contributed by atoms with E-state index in [9.17, 15) is 19.2 Å². The number of nitrogens with one attached hydrogen (secondary N) is 2. The lowest BCUT2D eigenvalue weighted by molar-refractivity contribution is -0.121. The molecule has 0 aromatic carbocycles. The van der Waals surface area contributed by atoms with Gasteiger partial charge < -0.3 is 30.3 Å². The lowest BCUT2D eigenvalue weighted by Crippen LogP contribution is -2.58. The molecule has 3 heterocycles. The molecule has 0 radical (unpaired) electrons. The molecule has 3 rings (SSSR count). The molecule has 0 atom stereocenters. The zero-order chi connectivity index (χ0) is 31.1. The van der Waals surface area contributed by atoms with Crippen LogP contribution < -0.4 is 15.9 Å². The summed E-state index contributed by atoms with van der Waals surface area (Å²) in [7, 11) is 1.64. The number of likely N-dealkylation sites (tertiary alicyclic amines) is 2. The first-order valence-electron chi connectivity index (χ1n) is 14.2. The van der Waals surface area contributed by atoms with Crippen molar-refractivity contribution in [2.45, 2.75) is 98.3 Å². The Morgan fingerprint density at radius 3 is 1.43 bits per heavy atom. The number of Topliss-reactive ketones (excluding diaryl/α,β-unsaturated/α-hetero) is 2. The summed E-state index contributed by atoms with van der Waals surface area (Å²) in [5, 5.41) is 3.14. The third-order valence-electron chi connectivity index (χ3n) is 5.86. The number of nitrogens with zero attached hydrogens (tertiary/aromatic N) is 2. The van der Waals surface area contributed by atoms with Crippen molar-refractivity contribution in [3.05, 3.63) is 0 Å². The van der Waals surface area contributed by atoms with Crippen LogP contribution in [0.15, 0.2) is 0 Å². The number of amides is 2. The van der Waals surface area contributed by atoms with Crippen molar-refractivity contribution in [3.8, 4) is 0 Å². The molecular weight excluding hydrogens is 538 g/mol. The van der Waals surface area contributed by atoms with Crippen LogP contribution in [0.2, 0.25) is 0 Å². The van der Waals surface area contributed by atoms with Crippen molar-refractivity contribution in [1.82, 2.24) is 20.0 Å². The Morgan fingerprint density at radius 2 is 1.15 bits per heavy atom.